The van der Waals surface area contributed by atoms with Gasteiger partial charge in [-0.25, -0.2) is 0 Å². The Balaban J connectivity index is 1.11. The van der Waals surface area contributed by atoms with Crippen LogP contribution in [0.1, 0.15) is 0 Å². The smallest absolute Gasteiger partial charge is 0.0467 e. The highest BCUT2D eigenvalue weighted by Gasteiger charge is 2.16. The lowest BCUT2D eigenvalue weighted by Crippen LogP contribution is -2.10. The van der Waals surface area contributed by atoms with Crippen LogP contribution in [-0.4, -0.2) is 0 Å². The second-order valence-electron chi connectivity index (χ2n) is 13.4. The van der Waals surface area contributed by atoms with Gasteiger partial charge in [-0.05, 0) is 109 Å². The number of hydrogen-bond acceptors (Lipinski definition) is 1. The zero-order chi connectivity index (χ0) is 35.4. The van der Waals surface area contributed by atoms with Crippen molar-refractivity contribution in [3.05, 3.63) is 224 Å². The molecule has 0 atom stereocenters. The molecule has 9 aromatic rings. The fraction of sp³-hybridized carbons (Fsp3) is 0. The molecule has 0 aliphatic carbocycles. The zero-order valence-corrected chi connectivity index (χ0v) is 29.3. The van der Waals surface area contributed by atoms with E-state index in [0.717, 1.165) is 17.1 Å². The summed E-state index contributed by atoms with van der Waals surface area (Å²) in [6, 6.07) is 80.8. The molecule has 0 saturated heterocycles. The minimum absolute atomic E-state index is 1.10. The highest BCUT2D eigenvalue weighted by molar-refractivity contribution is 5.97. The van der Waals surface area contributed by atoms with Gasteiger partial charge in [-0.1, -0.05) is 182 Å². The third kappa shape index (κ3) is 6.53. The lowest BCUT2D eigenvalue weighted by atomic mass is 9.94. The lowest BCUT2D eigenvalue weighted by Gasteiger charge is -2.26. The summed E-state index contributed by atoms with van der Waals surface area (Å²) in [6.07, 6.45) is 0. The fourth-order valence-electron chi connectivity index (χ4n) is 7.44. The summed E-state index contributed by atoms with van der Waals surface area (Å²) in [5.74, 6) is 0. The summed E-state index contributed by atoms with van der Waals surface area (Å²) in [6.45, 7) is 0. The third-order valence-corrected chi connectivity index (χ3v) is 10.1. The Morgan fingerprint density at radius 2 is 0.660 bits per heavy atom. The number of hydrogen-bond donors (Lipinski definition) is 0. The maximum atomic E-state index is 2.36. The minimum atomic E-state index is 1.10. The van der Waals surface area contributed by atoms with E-state index in [2.05, 4.69) is 229 Å². The van der Waals surface area contributed by atoms with Crippen LogP contribution in [0, 0.1) is 0 Å². The maximum absolute atomic E-state index is 2.36. The van der Waals surface area contributed by atoms with Crippen LogP contribution in [-0.2, 0) is 0 Å². The van der Waals surface area contributed by atoms with Crippen molar-refractivity contribution in [3.63, 3.8) is 0 Å². The van der Waals surface area contributed by atoms with Gasteiger partial charge in [-0.3, -0.25) is 0 Å². The molecule has 1 nitrogen and oxygen atoms in total. The largest absolute Gasteiger partial charge is 0.310 e. The molecule has 0 N–H and O–H groups in total. The molecule has 0 heterocycles. The molecule has 250 valence electrons. The normalized spacial score (nSPS) is 11.0. The molecule has 53 heavy (non-hydrogen) atoms. The molecule has 0 amide bonds. The highest BCUT2D eigenvalue weighted by Crippen LogP contribution is 2.40. The summed E-state index contributed by atoms with van der Waals surface area (Å²) in [5, 5.41) is 2.52. The van der Waals surface area contributed by atoms with E-state index in [1.807, 2.05) is 0 Å². The Kier molecular flexibility index (Phi) is 8.66. The molecular weight excluding hydrogens is 639 g/mol. The van der Waals surface area contributed by atoms with E-state index >= 15 is 0 Å². The minimum Gasteiger partial charge on any atom is -0.310 e. The molecule has 0 spiro atoms. The zero-order valence-electron chi connectivity index (χ0n) is 29.3. The van der Waals surface area contributed by atoms with Crippen molar-refractivity contribution in [2.45, 2.75) is 0 Å². The molecular formula is C52H37N. The average Bonchev–Trinajstić information content (AvgIpc) is 3.25. The molecule has 0 aliphatic heterocycles. The van der Waals surface area contributed by atoms with Crippen LogP contribution in [0.15, 0.2) is 224 Å². The van der Waals surface area contributed by atoms with E-state index in [4.69, 9.17) is 0 Å². The first-order valence-electron chi connectivity index (χ1n) is 18.2. The highest BCUT2D eigenvalue weighted by atomic mass is 15.1. The van der Waals surface area contributed by atoms with Crippen molar-refractivity contribution in [1.29, 1.82) is 0 Å². The topological polar surface area (TPSA) is 3.24 Å². The van der Waals surface area contributed by atoms with Gasteiger partial charge in [0.15, 0.2) is 0 Å². The van der Waals surface area contributed by atoms with Crippen molar-refractivity contribution < 1.29 is 0 Å². The molecule has 0 radical (unpaired) electrons. The van der Waals surface area contributed by atoms with Crippen LogP contribution in [0.4, 0.5) is 17.1 Å². The SMILES string of the molecule is c1ccc(-c2ccc(N(c3ccc(-c4cccc(-c5cccc6ccccc56)c4)cc3)c3cccc(-c4ccccc4-c4ccccc4)c3)cc2)cc1. The maximum Gasteiger partial charge on any atom is 0.0467 e. The van der Waals surface area contributed by atoms with Gasteiger partial charge < -0.3 is 4.90 Å². The third-order valence-electron chi connectivity index (χ3n) is 10.1. The molecule has 9 rings (SSSR count). The summed E-state index contributed by atoms with van der Waals surface area (Å²) < 4.78 is 0. The second kappa shape index (κ2) is 14.3. The molecule has 0 fully saturated rings. The first-order chi connectivity index (χ1) is 26.3. The standard InChI is InChI=1S/C52H37N/c1-3-14-38(15-4-1)39-28-32-46(33-29-39)53(48-23-12-22-45(37-48)51-26-10-9-25-49(51)41-16-5-2-6-17-41)47-34-30-40(31-35-47)43-20-11-21-44(36-43)52-27-13-19-42-18-7-8-24-50(42)52/h1-37H. The predicted octanol–water partition coefficient (Wildman–Crippen LogP) is 14.6. The fourth-order valence-corrected chi connectivity index (χ4v) is 7.44. The van der Waals surface area contributed by atoms with Gasteiger partial charge in [0.1, 0.15) is 0 Å². The van der Waals surface area contributed by atoms with E-state index in [1.54, 1.807) is 0 Å². The Labute approximate surface area is 311 Å². The summed E-state index contributed by atoms with van der Waals surface area (Å²) in [7, 11) is 0. The molecule has 0 unspecified atom stereocenters. The predicted molar refractivity (Wildman–Crippen MR) is 226 cm³/mol. The van der Waals surface area contributed by atoms with E-state index in [-0.39, 0.29) is 0 Å². The van der Waals surface area contributed by atoms with Crippen molar-refractivity contribution in [2.24, 2.45) is 0 Å². The Morgan fingerprint density at radius 3 is 1.36 bits per heavy atom. The van der Waals surface area contributed by atoms with Crippen LogP contribution in [0.2, 0.25) is 0 Å². The van der Waals surface area contributed by atoms with Crippen LogP contribution < -0.4 is 4.90 Å². The molecule has 0 aliphatic rings. The summed E-state index contributed by atoms with van der Waals surface area (Å²) in [4.78, 5) is 2.36. The van der Waals surface area contributed by atoms with Gasteiger partial charge in [-0.15, -0.1) is 0 Å². The molecule has 0 bridgehead atoms. The molecule has 1 heteroatoms. The Morgan fingerprint density at radius 1 is 0.226 bits per heavy atom. The first-order valence-corrected chi connectivity index (χ1v) is 18.2. The lowest BCUT2D eigenvalue weighted by molar-refractivity contribution is 1.28. The van der Waals surface area contributed by atoms with Gasteiger partial charge in [0.25, 0.3) is 0 Å². The Hall–Kier alpha value is -6.96. The van der Waals surface area contributed by atoms with Crippen LogP contribution >= 0.6 is 0 Å². The van der Waals surface area contributed by atoms with Gasteiger partial charge in [-0.2, -0.15) is 0 Å². The van der Waals surface area contributed by atoms with Crippen molar-refractivity contribution in [1.82, 2.24) is 0 Å². The van der Waals surface area contributed by atoms with Crippen molar-refractivity contribution in [3.8, 4) is 55.6 Å². The Bertz CT molecular complexity index is 2640. The van der Waals surface area contributed by atoms with E-state index in [1.165, 1.54) is 66.4 Å². The van der Waals surface area contributed by atoms with Gasteiger partial charge in [0.05, 0.1) is 0 Å². The van der Waals surface area contributed by atoms with Crippen molar-refractivity contribution >= 4 is 27.8 Å². The van der Waals surface area contributed by atoms with Crippen molar-refractivity contribution in [2.75, 3.05) is 4.90 Å². The monoisotopic (exact) mass is 675 g/mol. The summed E-state index contributed by atoms with van der Waals surface area (Å²) >= 11 is 0. The van der Waals surface area contributed by atoms with Gasteiger partial charge >= 0.3 is 0 Å². The molecule has 0 aromatic heterocycles. The van der Waals surface area contributed by atoms with Crippen LogP contribution in [0.5, 0.6) is 0 Å². The second-order valence-corrected chi connectivity index (χ2v) is 13.4. The number of fused-ring (bicyclic) bond motifs is 1. The van der Waals surface area contributed by atoms with Gasteiger partial charge in [0.2, 0.25) is 0 Å². The number of anilines is 3. The van der Waals surface area contributed by atoms with E-state index in [0.29, 0.717) is 0 Å². The number of benzene rings is 9. The van der Waals surface area contributed by atoms with E-state index < -0.39 is 0 Å². The number of rotatable bonds is 8. The van der Waals surface area contributed by atoms with Crippen LogP contribution in [0.3, 0.4) is 0 Å². The summed E-state index contributed by atoms with van der Waals surface area (Å²) in [5.41, 5.74) is 15.4. The van der Waals surface area contributed by atoms with E-state index in [9.17, 15) is 0 Å². The quantitative estimate of drug-likeness (QED) is 0.155. The molecule has 9 aromatic carbocycles. The average molecular weight is 676 g/mol. The van der Waals surface area contributed by atoms with Gasteiger partial charge in [0, 0.05) is 17.1 Å². The first kappa shape index (κ1) is 32.0. The molecule has 0 saturated carbocycles. The van der Waals surface area contributed by atoms with Crippen LogP contribution in [0.25, 0.3) is 66.4 Å². The number of nitrogens with zero attached hydrogens (tertiary/aromatic N) is 1.